The average Bonchev–Trinajstić information content (AvgIpc) is 2.34. The molecule has 99 valence electrons. The standard InChI is InChI=1S/C8H4N3O8/c12-1-2-19-8-6(10(15)16)3-5(9(13)14)4-7(8)11(17)18/h3-4H,2H2. The van der Waals surface area contributed by atoms with Crippen LogP contribution < -0.4 is 4.74 Å². The second-order valence-electron chi connectivity index (χ2n) is 3.02. The molecule has 19 heavy (non-hydrogen) atoms. The zero-order valence-electron chi connectivity index (χ0n) is 8.97. The molecule has 0 aliphatic carbocycles. The van der Waals surface area contributed by atoms with Gasteiger partial charge in [-0.25, -0.2) is 0 Å². The number of nitro benzene ring substituents is 3. The molecule has 0 spiro atoms. The molecule has 0 bridgehead atoms. The van der Waals surface area contributed by atoms with Crippen LogP contribution in [0.3, 0.4) is 0 Å². The third kappa shape index (κ3) is 2.96. The van der Waals surface area contributed by atoms with Crippen LogP contribution in [0.1, 0.15) is 0 Å². The summed E-state index contributed by atoms with van der Waals surface area (Å²) in [6.45, 7) is -0.778. The largest absolute Gasteiger partial charge is 0.474 e. The van der Waals surface area contributed by atoms with E-state index in [0.29, 0.717) is 12.1 Å². The molecule has 0 aromatic heterocycles. The lowest BCUT2D eigenvalue weighted by atomic mass is 10.2. The Hall–Kier alpha value is -3.11. The molecule has 0 atom stereocenters. The van der Waals surface area contributed by atoms with E-state index in [1.807, 2.05) is 0 Å². The molecule has 0 N–H and O–H groups in total. The number of nitro groups is 3. The van der Waals surface area contributed by atoms with Gasteiger partial charge in [0.15, 0.2) is 6.61 Å². The minimum absolute atomic E-state index is 0.507. The van der Waals surface area contributed by atoms with E-state index in [1.165, 1.54) is 6.29 Å². The summed E-state index contributed by atoms with van der Waals surface area (Å²) in [5, 5.41) is 32.0. The smallest absolute Gasteiger partial charge is 0.325 e. The van der Waals surface area contributed by atoms with E-state index < -0.39 is 44.2 Å². The van der Waals surface area contributed by atoms with Gasteiger partial charge in [-0.2, -0.15) is 0 Å². The van der Waals surface area contributed by atoms with E-state index >= 15 is 0 Å². The Morgan fingerprint density at radius 3 is 1.79 bits per heavy atom. The molecule has 1 rings (SSSR count). The highest BCUT2D eigenvalue weighted by Crippen LogP contribution is 2.40. The number of ether oxygens (including phenoxy) is 1. The van der Waals surface area contributed by atoms with Gasteiger partial charge < -0.3 is 4.74 Å². The Morgan fingerprint density at radius 1 is 1.00 bits per heavy atom. The van der Waals surface area contributed by atoms with E-state index in [4.69, 9.17) is 0 Å². The number of non-ortho nitro benzene ring substituents is 1. The fourth-order valence-electron chi connectivity index (χ4n) is 1.21. The summed E-state index contributed by atoms with van der Waals surface area (Å²) in [7, 11) is 0. The quantitative estimate of drug-likeness (QED) is 0.544. The third-order valence-electron chi connectivity index (χ3n) is 1.91. The number of hydrogen-bond acceptors (Lipinski definition) is 8. The summed E-state index contributed by atoms with van der Waals surface area (Å²) >= 11 is 0. The highest BCUT2D eigenvalue weighted by atomic mass is 16.6. The summed E-state index contributed by atoms with van der Waals surface area (Å²) in [5.41, 5.74) is -2.78. The molecular weight excluding hydrogens is 266 g/mol. The first-order valence-electron chi connectivity index (χ1n) is 4.47. The second-order valence-corrected chi connectivity index (χ2v) is 3.02. The molecule has 11 nitrogen and oxygen atoms in total. The van der Waals surface area contributed by atoms with Gasteiger partial charge in [-0.1, -0.05) is 0 Å². The van der Waals surface area contributed by atoms with Gasteiger partial charge >= 0.3 is 11.4 Å². The Balaban J connectivity index is 3.54. The molecule has 0 heterocycles. The monoisotopic (exact) mass is 270 g/mol. The molecule has 0 fully saturated rings. The van der Waals surface area contributed by atoms with E-state index in [9.17, 15) is 35.1 Å². The van der Waals surface area contributed by atoms with E-state index in [0.717, 1.165) is 0 Å². The molecule has 0 aliphatic heterocycles. The van der Waals surface area contributed by atoms with Gasteiger partial charge in [0.25, 0.3) is 11.4 Å². The number of hydrogen-bond donors (Lipinski definition) is 0. The van der Waals surface area contributed by atoms with Crippen molar-refractivity contribution in [1.29, 1.82) is 0 Å². The van der Waals surface area contributed by atoms with Gasteiger partial charge in [-0.15, -0.1) is 0 Å². The van der Waals surface area contributed by atoms with Crippen molar-refractivity contribution in [2.75, 3.05) is 6.61 Å². The van der Waals surface area contributed by atoms with Crippen LogP contribution in [-0.4, -0.2) is 27.7 Å². The number of carbonyl (C=O) groups excluding carboxylic acids is 1. The fraction of sp³-hybridized carbons (Fsp3) is 0.125. The molecule has 0 saturated heterocycles. The Bertz CT molecular complexity index is 534. The van der Waals surface area contributed by atoms with E-state index in [1.54, 1.807) is 0 Å². The Kier molecular flexibility index (Phi) is 4.03. The summed E-state index contributed by atoms with van der Waals surface area (Å²) in [6.07, 6.45) is 1.23. The first kappa shape index (κ1) is 14.0. The van der Waals surface area contributed by atoms with Crippen LogP contribution in [0, 0.1) is 30.3 Å². The third-order valence-corrected chi connectivity index (χ3v) is 1.91. The minimum atomic E-state index is -1.08. The fourth-order valence-corrected chi connectivity index (χ4v) is 1.21. The Morgan fingerprint density at radius 2 is 1.47 bits per heavy atom. The summed E-state index contributed by atoms with van der Waals surface area (Å²) in [6, 6.07) is 1.01. The number of nitrogens with zero attached hydrogens (tertiary/aromatic N) is 3. The van der Waals surface area contributed by atoms with Crippen LogP contribution in [0.4, 0.5) is 17.1 Å². The topological polar surface area (TPSA) is 156 Å². The maximum Gasteiger partial charge on any atom is 0.325 e. The minimum Gasteiger partial charge on any atom is -0.474 e. The van der Waals surface area contributed by atoms with Gasteiger partial charge in [0, 0.05) is 0 Å². The predicted octanol–water partition coefficient (Wildman–Crippen LogP) is 0.900. The first-order chi connectivity index (χ1) is 8.88. The molecule has 0 unspecified atom stereocenters. The predicted molar refractivity (Wildman–Crippen MR) is 57.6 cm³/mol. The van der Waals surface area contributed by atoms with Crippen LogP contribution in [0.5, 0.6) is 5.75 Å². The summed E-state index contributed by atoms with van der Waals surface area (Å²) in [5.74, 6) is -0.830. The number of rotatable bonds is 6. The maximum absolute atomic E-state index is 10.7. The lowest BCUT2D eigenvalue weighted by molar-refractivity contribution is -0.404. The first-order valence-corrected chi connectivity index (χ1v) is 4.47. The summed E-state index contributed by atoms with van der Waals surface area (Å²) < 4.78 is 4.55. The second kappa shape index (κ2) is 5.48. The van der Waals surface area contributed by atoms with Gasteiger partial charge in [0.2, 0.25) is 6.29 Å². The van der Waals surface area contributed by atoms with E-state index in [2.05, 4.69) is 4.74 Å². The van der Waals surface area contributed by atoms with Crippen LogP contribution in [0.2, 0.25) is 0 Å². The van der Waals surface area contributed by atoms with Crippen molar-refractivity contribution in [2.45, 2.75) is 0 Å². The van der Waals surface area contributed by atoms with Crippen LogP contribution >= 0.6 is 0 Å². The van der Waals surface area contributed by atoms with Crippen molar-refractivity contribution in [3.63, 3.8) is 0 Å². The normalized spacial score (nSPS) is 9.68. The summed E-state index contributed by atoms with van der Waals surface area (Å²) in [4.78, 5) is 38.8. The molecular formula is C8H4N3O8. The SMILES string of the molecule is O=[C]COc1c([N+](=O)[O-])cc([N+](=O)[O-])cc1[N+](=O)[O-]. The highest BCUT2D eigenvalue weighted by molar-refractivity contribution is 5.66. The van der Waals surface area contributed by atoms with Crippen molar-refractivity contribution in [2.24, 2.45) is 0 Å². The highest BCUT2D eigenvalue weighted by Gasteiger charge is 2.32. The van der Waals surface area contributed by atoms with Gasteiger partial charge in [0.1, 0.15) is 0 Å². The molecule has 1 radical (unpaired) electrons. The van der Waals surface area contributed by atoms with Crippen LogP contribution in [-0.2, 0) is 4.79 Å². The van der Waals surface area contributed by atoms with Crippen molar-refractivity contribution < 1.29 is 24.3 Å². The Labute approximate surface area is 103 Å². The molecule has 1 aromatic rings. The zero-order chi connectivity index (χ0) is 14.6. The van der Waals surface area contributed by atoms with Crippen LogP contribution in [0.25, 0.3) is 0 Å². The number of benzene rings is 1. The van der Waals surface area contributed by atoms with Crippen molar-refractivity contribution >= 4 is 23.3 Å². The van der Waals surface area contributed by atoms with E-state index in [-0.39, 0.29) is 0 Å². The molecule has 0 saturated carbocycles. The molecule has 0 aliphatic rings. The van der Waals surface area contributed by atoms with Gasteiger partial charge in [0.05, 0.1) is 26.9 Å². The van der Waals surface area contributed by atoms with Crippen molar-refractivity contribution in [3.05, 3.63) is 42.5 Å². The lowest BCUT2D eigenvalue weighted by Gasteiger charge is -2.04. The molecule has 11 heteroatoms. The van der Waals surface area contributed by atoms with Gasteiger partial charge in [-0.3, -0.25) is 35.1 Å². The maximum atomic E-state index is 10.7. The zero-order valence-corrected chi connectivity index (χ0v) is 8.97. The molecule has 1 aromatic carbocycles. The van der Waals surface area contributed by atoms with Crippen LogP contribution in [0.15, 0.2) is 12.1 Å². The van der Waals surface area contributed by atoms with Gasteiger partial charge in [-0.05, 0) is 0 Å². The van der Waals surface area contributed by atoms with Crippen molar-refractivity contribution in [1.82, 2.24) is 0 Å². The average molecular weight is 270 g/mol. The molecule has 0 amide bonds. The lowest BCUT2D eigenvalue weighted by Crippen LogP contribution is -2.05. The van der Waals surface area contributed by atoms with Crippen molar-refractivity contribution in [3.8, 4) is 5.75 Å².